The van der Waals surface area contributed by atoms with Gasteiger partial charge in [0.25, 0.3) is 0 Å². The van der Waals surface area contributed by atoms with Crippen molar-refractivity contribution in [2.45, 2.75) is 25.8 Å². The number of urea groups is 1. The Labute approximate surface area is 135 Å². The molecule has 0 unspecified atom stereocenters. The Kier molecular flexibility index (Phi) is 4.92. The number of nitrogens with one attached hydrogen (secondary N) is 2. The third-order valence-corrected chi connectivity index (χ3v) is 4.15. The highest BCUT2D eigenvalue weighted by molar-refractivity contribution is 5.88. The molecule has 0 saturated carbocycles. The number of rotatable bonds is 5. The van der Waals surface area contributed by atoms with E-state index in [0.29, 0.717) is 12.4 Å². The Bertz CT molecular complexity index is 636. The van der Waals surface area contributed by atoms with Gasteiger partial charge in [0.2, 0.25) is 0 Å². The zero-order valence-electron chi connectivity index (χ0n) is 13.3. The van der Waals surface area contributed by atoms with E-state index in [2.05, 4.69) is 20.5 Å². The monoisotopic (exact) mass is 314 g/mol. The van der Waals surface area contributed by atoms with Crippen LogP contribution in [0.15, 0.2) is 41.1 Å². The molecule has 0 spiro atoms. The summed E-state index contributed by atoms with van der Waals surface area (Å²) in [6.07, 6.45) is 5.72. The number of hydrogen-bond donors (Lipinski definition) is 2. The maximum absolute atomic E-state index is 12.1. The highest BCUT2D eigenvalue weighted by atomic mass is 16.3. The molecule has 3 rings (SSSR count). The molecule has 2 aromatic rings. The Morgan fingerprint density at radius 2 is 2.17 bits per heavy atom. The summed E-state index contributed by atoms with van der Waals surface area (Å²) in [5.74, 6) is 1.47. The van der Waals surface area contributed by atoms with Crippen molar-refractivity contribution in [3.05, 3.63) is 48.0 Å². The predicted octanol–water partition coefficient (Wildman–Crippen LogP) is 2.94. The van der Waals surface area contributed by atoms with Crippen molar-refractivity contribution in [1.29, 1.82) is 0 Å². The van der Waals surface area contributed by atoms with E-state index >= 15 is 0 Å². The molecule has 2 N–H and O–H groups in total. The second-order valence-electron chi connectivity index (χ2n) is 5.78. The van der Waals surface area contributed by atoms with E-state index in [4.69, 9.17) is 4.42 Å². The van der Waals surface area contributed by atoms with Crippen LogP contribution in [-0.2, 0) is 0 Å². The summed E-state index contributed by atoms with van der Waals surface area (Å²) in [7, 11) is 0. The first-order valence-corrected chi connectivity index (χ1v) is 7.98. The normalized spacial score (nSPS) is 16.2. The maximum atomic E-state index is 12.1. The molecule has 0 aromatic carbocycles. The highest BCUT2D eigenvalue weighted by Crippen LogP contribution is 2.24. The number of nitrogens with zero attached hydrogens (tertiary/aromatic N) is 2. The number of furan rings is 1. The molecule has 1 aliphatic rings. The van der Waals surface area contributed by atoms with E-state index in [1.54, 1.807) is 12.5 Å². The number of aryl methyl sites for hydroxylation is 1. The molecule has 1 saturated heterocycles. The number of aromatic nitrogens is 1. The van der Waals surface area contributed by atoms with Gasteiger partial charge in [0.1, 0.15) is 11.6 Å². The van der Waals surface area contributed by atoms with Crippen molar-refractivity contribution in [3.63, 3.8) is 0 Å². The minimum atomic E-state index is -0.248. The van der Waals surface area contributed by atoms with Gasteiger partial charge in [-0.2, -0.15) is 0 Å². The van der Waals surface area contributed by atoms with E-state index in [0.717, 1.165) is 24.4 Å². The van der Waals surface area contributed by atoms with Gasteiger partial charge in [-0.25, -0.2) is 9.78 Å². The SMILES string of the molecule is Cc1cccnc1NC(=O)NC[C@H](c1ccco1)N1CCCC1. The van der Waals surface area contributed by atoms with Crippen molar-refractivity contribution in [2.75, 3.05) is 25.0 Å². The predicted molar refractivity (Wildman–Crippen MR) is 88.3 cm³/mol. The quantitative estimate of drug-likeness (QED) is 0.890. The van der Waals surface area contributed by atoms with Crippen LogP contribution in [0.5, 0.6) is 0 Å². The molecule has 1 fully saturated rings. The van der Waals surface area contributed by atoms with Crippen LogP contribution in [0.1, 0.15) is 30.2 Å². The van der Waals surface area contributed by atoms with E-state index in [9.17, 15) is 4.79 Å². The van der Waals surface area contributed by atoms with E-state index < -0.39 is 0 Å². The Hall–Kier alpha value is -2.34. The molecule has 3 heterocycles. The smallest absolute Gasteiger partial charge is 0.320 e. The van der Waals surface area contributed by atoms with Gasteiger partial charge in [-0.1, -0.05) is 6.07 Å². The topological polar surface area (TPSA) is 70.4 Å². The van der Waals surface area contributed by atoms with Crippen LogP contribution in [-0.4, -0.2) is 35.5 Å². The highest BCUT2D eigenvalue weighted by Gasteiger charge is 2.25. The molecule has 1 aliphatic heterocycles. The molecule has 0 aliphatic carbocycles. The average molecular weight is 314 g/mol. The molecule has 6 heteroatoms. The Morgan fingerprint density at radius 1 is 1.35 bits per heavy atom. The van der Waals surface area contributed by atoms with Gasteiger partial charge in [0.05, 0.1) is 12.3 Å². The lowest BCUT2D eigenvalue weighted by atomic mass is 10.2. The largest absolute Gasteiger partial charge is 0.468 e. The number of amides is 2. The molecule has 2 aromatic heterocycles. The number of likely N-dealkylation sites (tertiary alicyclic amines) is 1. The number of hydrogen-bond acceptors (Lipinski definition) is 4. The van der Waals surface area contributed by atoms with Gasteiger partial charge in [-0.3, -0.25) is 10.2 Å². The molecular weight excluding hydrogens is 292 g/mol. The first-order chi connectivity index (χ1) is 11.2. The minimum Gasteiger partial charge on any atom is -0.468 e. The fraction of sp³-hybridized carbons (Fsp3) is 0.412. The van der Waals surface area contributed by atoms with E-state index in [-0.39, 0.29) is 12.1 Å². The zero-order valence-corrected chi connectivity index (χ0v) is 13.3. The van der Waals surface area contributed by atoms with Crippen LogP contribution in [0.3, 0.4) is 0 Å². The number of carbonyl (C=O) groups is 1. The van der Waals surface area contributed by atoms with Gasteiger partial charge in [0, 0.05) is 12.7 Å². The van der Waals surface area contributed by atoms with Crippen molar-refractivity contribution < 1.29 is 9.21 Å². The third kappa shape index (κ3) is 3.90. The van der Waals surface area contributed by atoms with E-state index in [1.165, 1.54) is 12.8 Å². The molecule has 2 amide bonds. The second-order valence-corrected chi connectivity index (χ2v) is 5.78. The van der Waals surface area contributed by atoms with Crippen molar-refractivity contribution in [2.24, 2.45) is 0 Å². The summed E-state index contributed by atoms with van der Waals surface area (Å²) in [6, 6.07) is 7.43. The van der Waals surface area contributed by atoms with Crippen LogP contribution in [0.2, 0.25) is 0 Å². The second kappa shape index (κ2) is 7.28. The zero-order chi connectivity index (χ0) is 16.1. The number of carbonyl (C=O) groups excluding carboxylic acids is 1. The summed E-state index contributed by atoms with van der Waals surface area (Å²) in [5.41, 5.74) is 0.935. The number of anilines is 1. The molecule has 6 nitrogen and oxygen atoms in total. The molecule has 23 heavy (non-hydrogen) atoms. The lowest BCUT2D eigenvalue weighted by Gasteiger charge is -2.26. The standard InChI is InChI=1S/C17H22N4O2/c1-13-6-4-8-18-16(13)20-17(22)19-12-14(15-7-5-11-23-15)21-9-2-3-10-21/h4-8,11,14H,2-3,9-10,12H2,1H3,(H2,18,19,20,22)/t14-/m1/s1. The molecule has 1 atom stereocenters. The van der Waals surface area contributed by atoms with Gasteiger partial charge in [-0.15, -0.1) is 0 Å². The van der Waals surface area contributed by atoms with Gasteiger partial charge < -0.3 is 9.73 Å². The van der Waals surface area contributed by atoms with Gasteiger partial charge >= 0.3 is 6.03 Å². The summed E-state index contributed by atoms with van der Waals surface area (Å²) >= 11 is 0. The lowest BCUT2D eigenvalue weighted by molar-refractivity contribution is 0.207. The Balaban J connectivity index is 1.60. The lowest BCUT2D eigenvalue weighted by Crippen LogP contribution is -2.38. The van der Waals surface area contributed by atoms with Crippen LogP contribution >= 0.6 is 0 Å². The summed E-state index contributed by atoms with van der Waals surface area (Å²) in [6.45, 7) is 4.49. The van der Waals surface area contributed by atoms with Crippen LogP contribution in [0.25, 0.3) is 0 Å². The number of pyridine rings is 1. The fourth-order valence-corrected chi connectivity index (χ4v) is 2.90. The summed E-state index contributed by atoms with van der Waals surface area (Å²) < 4.78 is 5.55. The van der Waals surface area contributed by atoms with Crippen LogP contribution in [0, 0.1) is 6.92 Å². The van der Waals surface area contributed by atoms with Gasteiger partial charge in [0.15, 0.2) is 0 Å². The average Bonchev–Trinajstić information content (AvgIpc) is 3.23. The molecule has 0 radical (unpaired) electrons. The molecule has 0 bridgehead atoms. The minimum absolute atomic E-state index is 0.0723. The van der Waals surface area contributed by atoms with Crippen LogP contribution in [0.4, 0.5) is 10.6 Å². The summed E-state index contributed by atoms with van der Waals surface area (Å²) in [4.78, 5) is 18.7. The third-order valence-electron chi connectivity index (χ3n) is 4.15. The van der Waals surface area contributed by atoms with Crippen molar-refractivity contribution in [1.82, 2.24) is 15.2 Å². The molecular formula is C17H22N4O2. The van der Waals surface area contributed by atoms with Crippen LogP contribution < -0.4 is 10.6 Å². The first-order valence-electron chi connectivity index (χ1n) is 7.98. The maximum Gasteiger partial charge on any atom is 0.320 e. The molecule has 122 valence electrons. The van der Waals surface area contributed by atoms with E-state index in [1.807, 2.05) is 31.2 Å². The fourth-order valence-electron chi connectivity index (χ4n) is 2.90. The Morgan fingerprint density at radius 3 is 2.87 bits per heavy atom. The first kappa shape index (κ1) is 15.6. The summed E-state index contributed by atoms with van der Waals surface area (Å²) in [5, 5.41) is 5.72. The van der Waals surface area contributed by atoms with Crippen molar-refractivity contribution >= 4 is 11.8 Å². The van der Waals surface area contributed by atoms with Gasteiger partial charge in [-0.05, 0) is 56.6 Å². The van der Waals surface area contributed by atoms with Crippen molar-refractivity contribution in [3.8, 4) is 0 Å².